The number of hydrogen-bond acceptors (Lipinski definition) is 3. The van der Waals surface area contributed by atoms with Crippen molar-refractivity contribution in [3.63, 3.8) is 0 Å². The summed E-state index contributed by atoms with van der Waals surface area (Å²) < 4.78 is 5.11. The molecule has 0 aliphatic rings. The zero-order valence-electron chi connectivity index (χ0n) is 12.8. The SMILES string of the molecule is COc1ccc(N=CC=Cc2c(O)ccc3ccccc23)cc1. The second-order valence-corrected chi connectivity index (χ2v) is 5.05. The van der Waals surface area contributed by atoms with Gasteiger partial charge in [-0.1, -0.05) is 30.3 Å². The van der Waals surface area contributed by atoms with Gasteiger partial charge in [0.1, 0.15) is 11.5 Å². The van der Waals surface area contributed by atoms with E-state index in [-0.39, 0.29) is 5.75 Å². The lowest BCUT2D eigenvalue weighted by Gasteiger charge is -2.04. The number of ether oxygens (including phenoxy) is 1. The van der Waals surface area contributed by atoms with E-state index in [2.05, 4.69) is 4.99 Å². The van der Waals surface area contributed by atoms with Gasteiger partial charge in [0, 0.05) is 11.8 Å². The number of benzene rings is 3. The molecule has 0 saturated heterocycles. The van der Waals surface area contributed by atoms with Gasteiger partial charge in [0.2, 0.25) is 0 Å². The Morgan fingerprint density at radius 1 is 0.957 bits per heavy atom. The molecule has 0 radical (unpaired) electrons. The van der Waals surface area contributed by atoms with Gasteiger partial charge in [-0.3, -0.25) is 4.99 Å². The van der Waals surface area contributed by atoms with Gasteiger partial charge in [-0.05, 0) is 53.3 Å². The lowest BCUT2D eigenvalue weighted by atomic mass is 10.0. The fourth-order valence-corrected chi connectivity index (χ4v) is 2.40. The van der Waals surface area contributed by atoms with Gasteiger partial charge in [0.05, 0.1) is 12.8 Å². The molecular weight excluding hydrogens is 286 g/mol. The number of rotatable bonds is 4. The summed E-state index contributed by atoms with van der Waals surface area (Å²) in [6.07, 6.45) is 5.40. The topological polar surface area (TPSA) is 41.8 Å². The highest BCUT2D eigenvalue weighted by molar-refractivity contribution is 5.95. The Morgan fingerprint density at radius 3 is 2.52 bits per heavy atom. The number of fused-ring (bicyclic) bond motifs is 1. The summed E-state index contributed by atoms with van der Waals surface area (Å²) in [5, 5.41) is 12.2. The molecule has 3 rings (SSSR count). The van der Waals surface area contributed by atoms with Crippen molar-refractivity contribution in [3.8, 4) is 11.5 Å². The van der Waals surface area contributed by atoms with Gasteiger partial charge in [-0.2, -0.15) is 0 Å². The Morgan fingerprint density at radius 2 is 1.74 bits per heavy atom. The highest BCUT2D eigenvalue weighted by Gasteiger charge is 2.02. The molecule has 3 aromatic rings. The van der Waals surface area contributed by atoms with E-state index in [1.165, 1.54) is 0 Å². The Balaban J connectivity index is 1.82. The van der Waals surface area contributed by atoms with Crippen molar-refractivity contribution in [2.24, 2.45) is 4.99 Å². The molecule has 1 N–H and O–H groups in total. The molecule has 0 unspecified atom stereocenters. The standard InChI is InChI=1S/C20H17NO2/c1-23-17-11-9-16(10-12-17)21-14-4-7-19-18-6-3-2-5-15(18)8-13-20(19)22/h2-14,22H,1H3. The van der Waals surface area contributed by atoms with Crippen molar-refractivity contribution in [3.05, 3.63) is 72.3 Å². The number of phenolic OH excluding ortho intramolecular Hbond substituents is 1. The van der Waals surface area contributed by atoms with Crippen LogP contribution in [-0.2, 0) is 0 Å². The zero-order valence-corrected chi connectivity index (χ0v) is 12.8. The van der Waals surface area contributed by atoms with Gasteiger partial charge < -0.3 is 9.84 Å². The smallest absolute Gasteiger partial charge is 0.123 e. The molecule has 0 aliphatic heterocycles. The predicted octanol–water partition coefficient (Wildman–Crippen LogP) is 4.97. The van der Waals surface area contributed by atoms with E-state index in [0.29, 0.717) is 0 Å². The lowest BCUT2D eigenvalue weighted by molar-refractivity contribution is 0.415. The fraction of sp³-hybridized carbons (Fsp3) is 0.0500. The van der Waals surface area contributed by atoms with Crippen LogP contribution in [0.5, 0.6) is 11.5 Å². The number of allylic oxidation sites excluding steroid dienone is 1. The van der Waals surface area contributed by atoms with E-state index in [9.17, 15) is 5.11 Å². The lowest BCUT2D eigenvalue weighted by Crippen LogP contribution is -1.80. The Labute approximate surface area is 135 Å². The molecule has 3 heteroatoms. The van der Waals surface area contributed by atoms with Crippen molar-refractivity contribution in [2.75, 3.05) is 7.11 Å². The summed E-state index contributed by atoms with van der Waals surface area (Å²) in [6.45, 7) is 0. The number of hydrogen-bond donors (Lipinski definition) is 1. The minimum absolute atomic E-state index is 0.262. The predicted molar refractivity (Wildman–Crippen MR) is 95.8 cm³/mol. The first-order valence-electron chi connectivity index (χ1n) is 7.33. The van der Waals surface area contributed by atoms with Crippen LogP contribution >= 0.6 is 0 Å². The number of nitrogens with zero attached hydrogens (tertiary/aromatic N) is 1. The molecule has 0 spiro atoms. The van der Waals surface area contributed by atoms with Crippen molar-refractivity contribution in [2.45, 2.75) is 0 Å². The summed E-state index contributed by atoms with van der Waals surface area (Å²) in [5.41, 5.74) is 1.64. The van der Waals surface area contributed by atoms with E-state index < -0.39 is 0 Å². The maximum absolute atomic E-state index is 10.1. The fourth-order valence-electron chi connectivity index (χ4n) is 2.40. The maximum Gasteiger partial charge on any atom is 0.123 e. The third-order valence-electron chi connectivity index (χ3n) is 3.59. The van der Waals surface area contributed by atoms with Crippen LogP contribution in [0.15, 0.2) is 71.7 Å². The number of aromatic hydroxyl groups is 1. The first-order valence-corrected chi connectivity index (χ1v) is 7.33. The van der Waals surface area contributed by atoms with Crippen LogP contribution in [0.4, 0.5) is 5.69 Å². The molecule has 0 aliphatic carbocycles. The van der Waals surface area contributed by atoms with Crippen LogP contribution in [0.1, 0.15) is 5.56 Å². The first kappa shape index (κ1) is 14.9. The second-order valence-electron chi connectivity index (χ2n) is 5.05. The minimum atomic E-state index is 0.262. The van der Waals surface area contributed by atoms with E-state index in [1.807, 2.05) is 66.7 Å². The molecule has 0 amide bonds. The van der Waals surface area contributed by atoms with Gasteiger partial charge in [-0.25, -0.2) is 0 Å². The number of aliphatic imine (C=N–C) groups is 1. The molecule has 0 atom stereocenters. The summed E-state index contributed by atoms with van der Waals surface area (Å²) >= 11 is 0. The average molecular weight is 303 g/mol. The first-order chi connectivity index (χ1) is 11.3. The van der Waals surface area contributed by atoms with Crippen LogP contribution in [0.2, 0.25) is 0 Å². The van der Waals surface area contributed by atoms with E-state index in [4.69, 9.17) is 4.74 Å². The highest BCUT2D eigenvalue weighted by Crippen LogP contribution is 2.28. The van der Waals surface area contributed by atoms with Crippen LogP contribution in [-0.4, -0.2) is 18.4 Å². The van der Waals surface area contributed by atoms with Crippen molar-refractivity contribution in [1.82, 2.24) is 0 Å². The monoisotopic (exact) mass is 303 g/mol. The van der Waals surface area contributed by atoms with Gasteiger partial charge in [-0.15, -0.1) is 0 Å². The zero-order chi connectivity index (χ0) is 16.1. The molecule has 0 aromatic heterocycles. The Kier molecular flexibility index (Phi) is 4.39. The van der Waals surface area contributed by atoms with Crippen LogP contribution in [0, 0.1) is 0 Å². The Bertz CT molecular complexity index is 864. The van der Waals surface area contributed by atoms with Gasteiger partial charge in [0.15, 0.2) is 0 Å². The van der Waals surface area contributed by atoms with Crippen LogP contribution < -0.4 is 4.74 Å². The Hall–Kier alpha value is -3.07. The number of phenols is 1. The van der Waals surface area contributed by atoms with Crippen LogP contribution in [0.25, 0.3) is 16.8 Å². The molecule has 114 valence electrons. The van der Waals surface area contributed by atoms with E-state index >= 15 is 0 Å². The van der Waals surface area contributed by atoms with Crippen molar-refractivity contribution >= 4 is 28.8 Å². The molecule has 3 aromatic carbocycles. The summed E-state index contributed by atoms with van der Waals surface area (Å²) in [4.78, 5) is 4.36. The summed E-state index contributed by atoms with van der Waals surface area (Å²) in [5.74, 6) is 1.07. The molecule has 0 bridgehead atoms. The van der Waals surface area contributed by atoms with Crippen LogP contribution in [0.3, 0.4) is 0 Å². The molecule has 0 heterocycles. The molecule has 3 nitrogen and oxygen atoms in total. The molecule has 23 heavy (non-hydrogen) atoms. The van der Waals surface area contributed by atoms with E-state index in [1.54, 1.807) is 19.4 Å². The largest absolute Gasteiger partial charge is 0.507 e. The van der Waals surface area contributed by atoms with Crippen molar-refractivity contribution in [1.29, 1.82) is 0 Å². The highest BCUT2D eigenvalue weighted by atomic mass is 16.5. The quantitative estimate of drug-likeness (QED) is 0.691. The third-order valence-corrected chi connectivity index (χ3v) is 3.59. The molecule has 0 fully saturated rings. The summed E-state index contributed by atoms with van der Waals surface area (Å²) in [7, 11) is 1.64. The van der Waals surface area contributed by atoms with Crippen molar-refractivity contribution < 1.29 is 9.84 Å². The normalized spacial score (nSPS) is 11.5. The van der Waals surface area contributed by atoms with Gasteiger partial charge in [0.25, 0.3) is 0 Å². The van der Waals surface area contributed by atoms with E-state index in [0.717, 1.165) is 27.8 Å². The second kappa shape index (κ2) is 6.79. The number of methoxy groups -OCH3 is 1. The minimum Gasteiger partial charge on any atom is -0.507 e. The summed E-state index contributed by atoms with van der Waals surface area (Å²) in [6, 6.07) is 19.1. The molecule has 0 saturated carbocycles. The third kappa shape index (κ3) is 3.40. The van der Waals surface area contributed by atoms with Gasteiger partial charge >= 0.3 is 0 Å². The molecular formula is C20H17NO2. The average Bonchev–Trinajstić information content (AvgIpc) is 2.60. The maximum atomic E-state index is 10.1.